The number of hydrogen-bond donors (Lipinski definition) is 6. The van der Waals surface area contributed by atoms with E-state index in [9.17, 15) is 44.8 Å². The van der Waals surface area contributed by atoms with Crippen molar-refractivity contribution in [3.8, 4) is 0 Å². The molecule has 2 saturated heterocycles. The molecule has 0 unspecified atom stereocenters. The summed E-state index contributed by atoms with van der Waals surface area (Å²) in [6.07, 6.45) is -14.1. The van der Waals surface area contributed by atoms with Gasteiger partial charge in [0.1, 0.15) is 37.6 Å². The number of azide groups is 4. The van der Waals surface area contributed by atoms with E-state index in [-0.39, 0.29) is 68.5 Å². The summed E-state index contributed by atoms with van der Waals surface area (Å²) in [6.45, 7) is 7.03. The summed E-state index contributed by atoms with van der Waals surface area (Å²) in [6, 6.07) is 13.1. The van der Waals surface area contributed by atoms with Crippen LogP contribution in [-0.4, -0.2) is 175 Å². The fourth-order valence-electron chi connectivity index (χ4n) is 9.33. The van der Waals surface area contributed by atoms with Crippen molar-refractivity contribution in [3.63, 3.8) is 0 Å². The van der Waals surface area contributed by atoms with E-state index in [2.05, 4.69) is 50.7 Å². The van der Waals surface area contributed by atoms with Crippen molar-refractivity contribution in [2.45, 2.75) is 196 Å². The predicted octanol–water partition coefficient (Wildman–Crippen LogP) is 1.37. The number of aliphatic hydroxyl groups is 4. The second-order valence-electron chi connectivity index (χ2n) is 18.8. The molecule has 2 aliphatic heterocycles. The SMILES string of the molecule is CC(=O)O[C@@H]1[C@@H](OC(C)=O)[C@H](N=[N+]=[N-])C[C@H](N=[N+]=[N-])[C@H]1O[C@H]1O[C@H]([C@@H](C)NC(=O)OCc2ccccc2)CC[C@H]1OC(C)=O.CO.C[C@@H](NC(=O)OCc1ccccc1)[C@@H]1CC[C@@H](O)[C@@H](O[C@H]2[C@H](O)[C@@H](O)[C@H](N=[N+]=[N-])C[C@@H]2N=[N+]=[N-])O1.C[O-].[Na+]. The average molecular weight is 1200 g/mol. The molecule has 0 aromatic heterocycles. The van der Waals surface area contributed by atoms with Gasteiger partial charge < -0.3 is 78.8 Å². The minimum Gasteiger partial charge on any atom is -0.857 e. The Bertz CT molecular complexity index is 2570. The van der Waals surface area contributed by atoms with E-state index >= 15 is 0 Å². The van der Waals surface area contributed by atoms with Crippen molar-refractivity contribution in [1.82, 2.24) is 10.6 Å². The third kappa shape index (κ3) is 23.4. The van der Waals surface area contributed by atoms with Crippen LogP contribution in [-0.2, 0) is 70.2 Å². The van der Waals surface area contributed by atoms with E-state index < -0.39 is 140 Å². The van der Waals surface area contributed by atoms with Crippen molar-refractivity contribution in [1.29, 1.82) is 0 Å². The Kier molecular flexibility index (Phi) is 34.1. The van der Waals surface area contributed by atoms with Gasteiger partial charge in [0.2, 0.25) is 0 Å². The molecule has 2 saturated carbocycles. The number of nitrogens with one attached hydrogen (secondary N) is 2. The fraction of sp³-hybridized carbons (Fsp3) is 0.660. The summed E-state index contributed by atoms with van der Waals surface area (Å²) in [5.41, 5.74) is 37.6. The van der Waals surface area contributed by atoms with Gasteiger partial charge in [-0.2, -0.15) is 7.11 Å². The van der Waals surface area contributed by atoms with Gasteiger partial charge in [-0.1, -0.05) is 81.1 Å². The van der Waals surface area contributed by atoms with Crippen LogP contribution >= 0.6 is 0 Å². The van der Waals surface area contributed by atoms with Crippen LogP contribution in [0.3, 0.4) is 0 Å². The fourth-order valence-corrected chi connectivity index (χ4v) is 9.33. The van der Waals surface area contributed by atoms with Crippen molar-refractivity contribution < 1.29 is 122 Å². The third-order valence-electron chi connectivity index (χ3n) is 13.1. The van der Waals surface area contributed by atoms with Gasteiger partial charge in [0.05, 0.1) is 60.7 Å². The summed E-state index contributed by atoms with van der Waals surface area (Å²) in [4.78, 5) is 71.7. The molecule has 6 rings (SSSR count). The number of carbonyl (C=O) groups excluding carboxylic acids is 5. The van der Waals surface area contributed by atoms with Gasteiger partial charge in [-0.15, -0.1) is 0 Å². The van der Waals surface area contributed by atoms with E-state index in [0.29, 0.717) is 12.8 Å². The van der Waals surface area contributed by atoms with Crippen LogP contribution in [0.2, 0.25) is 0 Å². The Hall–Kier alpha value is -6.73. The maximum Gasteiger partial charge on any atom is 1.00 e. The van der Waals surface area contributed by atoms with Gasteiger partial charge in [0, 0.05) is 47.5 Å². The molecule has 2 heterocycles. The van der Waals surface area contributed by atoms with Gasteiger partial charge in [-0.05, 0) is 85.6 Å². The Morgan fingerprint density at radius 3 is 1.43 bits per heavy atom. The summed E-state index contributed by atoms with van der Waals surface area (Å²) < 4.78 is 50.9. The summed E-state index contributed by atoms with van der Waals surface area (Å²) in [5, 5.41) is 66.4. The number of ether oxygens (including phenoxy) is 9. The second kappa shape index (κ2) is 39.0. The molecule has 4 aliphatic rings. The molecular weight excluding hydrogens is 1120 g/mol. The molecule has 2 aromatic rings. The van der Waals surface area contributed by atoms with E-state index in [4.69, 9.17) is 69.4 Å². The van der Waals surface area contributed by atoms with Crippen molar-refractivity contribution in [3.05, 3.63) is 114 Å². The Balaban J connectivity index is 0.000000547. The van der Waals surface area contributed by atoms with Crippen molar-refractivity contribution >= 4 is 30.1 Å². The molecule has 4 fully saturated rings. The van der Waals surface area contributed by atoms with Gasteiger partial charge in [-0.3, -0.25) is 14.4 Å². The normalized spacial score (nSPS) is 29.0. The van der Waals surface area contributed by atoms with Gasteiger partial charge in [-0.25, -0.2) is 9.59 Å². The second-order valence-corrected chi connectivity index (χ2v) is 18.8. The summed E-state index contributed by atoms with van der Waals surface area (Å²) in [7, 11) is 1.75. The minimum atomic E-state index is -1.56. The predicted molar refractivity (Wildman–Crippen MR) is 284 cm³/mol. The van der Waals surface area contributed by atoms with Crippen molar-refractivity contribution in [2.75, 3.05) is 14.2 Å². The number of nitrogens with zero attached hydrogens (tertiary/aromatic N) is 12. The van der Waals surface area contributed by atoms with Crippen LogP contribution in [0.4, 0.5) is 9.59 Å². The molecule has 33 nitrogen and oxygen atoms in total. The molecule has 18 atom stereocenters. The quantitative estimate of drug-likeness (QED) is 0.0289. The smallest absolute Gasteiger partial charge is 0.857 e. The molecule has 2 amide bonds. The van der Waals surface area contributed by atoms with Crippen LogP contribution in [0.5, 0.6) is 0 Å². The number of benzene rings is 2. The van der Waals surface area contributed by atoms with E-state index in [1.54, 1.807) is 13.8 Å². The molecule has 2 aromatic carbocycles. The van der Waals surface area contributed by atoms with Gasteiger partial charge >= 0.3 is 59.7 Å². The van der Waals surface area contributed by atoms with Crippen LogP contribution in [0.1, 0.15) is 84.3 Å². The maximum atomic E-state index is 12.5. The zero-order chi connectivity index (χ0) is 61.6. The van der Waals surface area contributed by atoms with Gasteiger partial charge in [0.15, 0.2) is 24.8 Å². The number of hydrogen-bond acceptors (Lipinski definition) is 23. The molecular formula is C50H71N14NaO19. The van der Waals surface area contributed by atoms with Crippen molar-refractivity contribution in [2.24, 2.45) is 20.5 Å². The number of aliphatic hydroxyl groups excluding tert-OH is 4. The zero-order valence-corrected chi connectivity index (χ0v) is 49.6. The number of alkyl carbamates (subject to hydrolysis) is 2. The molecule has 6 N–H and O–H groups in total. The first kappa shape index (κ1) is 73.4. The number of rotatable bonds is 19. The molecule has 456 valence electrons. The Morgan fingerprint density at radius 1 is 0.571 bits per heavy atom. The standard InChI is InChI=1S/C27H35N7O10.C21H29N7O7.CH4O.CH3O.Na/c1-14(30-27(38)39-13-18-8-6-5-7-9-18)21-10-11-22(40-15(2)35)26(43-21)44-24-20(32-34-29)12-19(31-33-28)23(41-16(3)36)25(24)42-17(4)37;1-11(24-21(32)33-10-12-5-3-2-4-6-12)16-8-7-15(29)20(34-16)35-19-14(26-28-23)9-13(25-27-22)17(30)18(19)31;2*1-2;/h5-9,14,19-26H,10-13H2,1-4H3,(H,30,38);2-6,11,13-20,29-31H,7-10H2,1H3,(H,24,32);2H,1H3;1H3;/q;;;-1;+1/t14-,19-,20+,21+,22-,23+,24-,25-,26-;11-,13-,14+,15-,16+,17+,18-,19-,20-;;;/m11.../s1. The van der Waals surface area contributed by atoms with Crippen LogP contribution in [0, 0.1) is 0 Å². The third-order valence-corrected chi connectivity index (χ3v) is 13.1. The first-order valence-corrected chi connectivity index (χ1v) is 26.0. The molecule has 0 spiro atoms. The molecule has 84 heavy (non-hydrogen) atoms. The largest absolute Gasteiger partial charge is 1.00 e. The minimum absolute atomic E-state index is 0. The number of amides is 2. The number of carbonyl (C=O) groups is 5. The first-order chi connectivity index (χ1) is 39.8. The molecule has 0 bridgehead atoms. The van der Waals surface area contributed by atoms with Crippen LogP contribution in [0.25, 0.3) is 41.8 Å². The molecule has 0 radical (unpaired) electrons. The first-order valence-electron chi connectivity index (χ1n) is 26.0. The Labute approximate surface area is 504 Å². The van der Waals surface area contributed by atoms with Gasteiger partial charge in [0.25, 0.3) is 0 Å². The summed E-state index contributed by atoms with van der Waals surface area (Å²) >= 11 is 0. The van der Waals surface area contributed by atoms with Crippen LogP contribution in [0.15, 0.2) is 81.1 Å². The Morgan fingerprint density at radius 2 is 0.964 bits per heavy atom. The van der Waals surface area contributed by atoms with E-state index in [1.807, 2.05) is 60.7 Å². The topological polar surface area (TPSA) is 492 Å². The van der Waals surface area contributed by atoms with Crippen LogP contribution < -0.4 is 45.3 Å². The summed E-state index contributed by atoms with van der Waals surface area (Å²) in [5.74, 6) is -2.15. The molecule has 34 heteroatoms. The number of esters is 3. The average Bonchev–Trinajstić information content (AvgIpc) is 1.58. The monoisotopic (exact) mass is 1190 g/mol. The van der Waals surface area contributed by atoms with E-state index in [1.165, 1.54) is 6.92 Å². The maximum absolute atomic E-state index is 12.5. The zero-order valence-electron chi connectivity index (χ0n) is 47.6. The van der Waals surface area contributed by atoms with E-state index in [0.717, 1.165) is 39.2 Å². The molecule has 2 aliphatic carbocycles.